The minimum atomic E-state index is -4.94. The number of rotatable bonds is 57. The van der Waals surface area contributed by atoms with Crippen molar-refractivity contribution >= 4 is 42.8 Å². The molecule has 0 radical (unpaired) electrons. The Balaban J connectivity index is 0.0000188. The number of carbonyl (C=O) groups excluding carboxylic acids is 4. The van der Waals surface area contributed by atoms with Crippen LogP contribution < -0.4 is 54.6 Å². The van der Waals surface area contributed by atoms with Gasteiger partial charge in [0.05, 0.1) is 62.6 Å². The van der Waals surface area contributed by atoms with Crippen molar-refractivity contribution in [2.75, 3.05) is 79.2 Å². The number of nitrogens with zero attached hydrogens (tertiary/aromatic N) is 2. The minimum Gasteiger partial charge on any atom is -0.756 e. The molecule has 94 heavy (non-hydrogen) atoms. The van der Waals surface area contributed by atoms with Crippen LogP contribution >= 0.6 is 7.82 Å². The maximum Gasteiger partial charge on any atom is 1.00 e. The zero-order chi connectivity index (χ0) is 66.1. The summed E-state index contributed by atoms with van der Waals surface area (Å²) in [7, 11) is -4.94. The predicted octanol–water partition coefficient (Wildman–Crippen LogP) is 12.4. The first-order valence-electron chi connectivity index (χ1n) is 35.2. The molecule has 3 unspecified atom stereocenters. The Bertz CT molecular complexity index is 2710. The molecule has 0 saturated heterocycles. The summed E-state index contributed by atoms with van der Waals surface area (Å²) in [6.45, 7) is 3.47. The number of esters is 2. The van der Waals surface area contributed by atoms with E-state index in [4.69, 9.17) is 51.9 Å². The van der Waals surface area contributed by atoms with Crippen LogP contribution in [0.3, 0.4) is 0 Å². The topological polar surface area (TPSA) is 251 Å². The van der Waals surface area contributed by atoms with Gasteiger partial charge < -0.3 is 62.5 Å². The maximum atomic E-state index is 12.9. The molecular weight excluding hydrogens is 1230 g/mol. The Morgan fingerprint density at radius 2 is 1.03 bits per heavy atom. The quantitative estimate of drug-likeness (QED) is 0.0137. The van der Waals surface area contributed by atoms with Crippen molar-refractivity contribution in [1.29, 1.82) is 0 Å². The summed E-state index contributed by atoms with van der Waals surface area (Å²) >= 11 is 0. The van der Waals surface area contributed by atoms with E-state index in [0.29, 0.717) is 24.3 Å². The van der Waals surface area contributed by atoms with Crippen LogP contribution in [-0.2, 0) is 56.4 Å². The third kappa shape index (κ3) is 38.3. The number of ether oxygens (including phenoxy) is 8. The van der Waals surface area contributed by atoms with Crippen molar-refractivity contribution in [2.24, 2.45) is 0 Å². The standard InChI is InChI=1S/C72H111N4O16P.Na/c1-3-5-7-9-11-13-15-17-19-21-23-25-27-29-31-37-69(78)87-55-62(90-70(79)38-32-30-28-26-24-22-20-18-16-14-12-10-8-6-4-2)56-89-93(81,82)88-48-46-74-72(80)86-52-51-84-57-68(77)73-45-47-83-49-50-85-58-71-91-66-44-43-61(53-67(66)92-71)59-39-41-60(42-40-59)65-54-75-63-35-33-34-36-64(63)76-65;/h33-36,39-44,53-54,62,71H,3-32,37-38,45-52,55-58H2,1-2H3,(H,73,77)(H,74,80)(H,81,82);/q;+1/p-1. The molecule has 0 saturated carbocycles. The molecule has 22 heteroatoms. The largest absolute Gasteiger partial charge is 1.00 e. The minimum absolute atomic E-state index is 0. The number of nitrogens with one attached hydrogen (secondary N) is 2. The molecule has 2 amide bonds. The van der Waals surface area contributed by atoms with Gasteiger partial charge in [0.2, 0.25) is 5.91 Å². The Kier molecular flexibility index (Phi) is 45.5. The van der Waals surface area contributed by atoms with Crippen LogP contribution in [0.2, 0.25) is 0 Å². The van der Waals surface area contributed by atoms with E-state index in [9.17, 15) is 28.6 Å². The third-order valence-corrected chi connectivity index (χ3v) is 17.0. The summed E-state index contributed by atoms with van der Waals surface area (Å²) < 4.78 is 67.2. The monoisotopic (exact) mass is 1340 g/mol. The average Bonchev–Trinajstić information content (AvgIpc) is 1.44. The van der Waals surface area contributed by atoms with Crippen molar-refractivity contribution in [3.05, 3.63) is 72.9 Å². The molecule has 0 spiro atoms. The van der Waals surface area contributed by atoms with Crippen molar-refractivity contribution in [1.82, 2.24) is 20.6 Å². The molecule has 1 aliphatic rings. The van der Waals surface area contributed by atoms with Gasteiger partial charge in [-0.3, -0.25) is 23.9 Å². The summed E-state index contributed by atoms with van der Waals surface area (Å²) in [6.07, 6.45) is 35.6. The summed E-state index contributed by atoms with van der Waals surface area (Å²) in [5, 5.41) is 5.04. The summed E-state index contributed by atoms with van der Waals surface area (Å²) in [4.78, 5) is 72.0. The van der Waals surface area contributed by atoms with Crippen LogP contribution in [0.1, 0.15) is 219 Å². The number of phosphoric acid groups is 1. The van der Waals surface area contributed by atoms with E-state index < -0.39 is 57.4 Å². The molecule has 1 aliphatic heterocycles. The van der Waals surface area contributed by atoms with Crippen LogP contribution in [0.4, 0.5) is 4.79 Å². The Morgan fingerprint density at radius 3 is 1.64 bits per heavy atom. The second-order valence-corrected chi connectivity index (χ2v) is 25.5. The maximum absolute atomic E-state index is 12.9. The van der Waals surface area contributed by atoms with Crippen molar-refractivity contribution < 1.29 is 105 Å². The number of fused-ring (bicyclic) bond motifs is 2. The van der Waals surface area contributed by atoms with Crippen molar-refractivity contribution in [2.45, 2.75) is 232 Å². The second-order valence-electron chi connectivity index (χ2n) is 24.1. The van der Waals surface area contributed by atoms with E-state index in [2.05, 4.69) is 29.5 Å². The van der Waals surface area contributed by atoms with Gasteiger partial charge in [-0.1, -0.05) is 236 Å². The fraction of sp³-hybridized carbons (Fsp3) is 0.667. The zero-order valence-corrected chi connectivity index (χ0v) is 60.0. The second kappa shape index (κ2) is 52.4. The molecular formula is C72H110N4NaO16P. The molecule has 2 N–H and O–H groups in total. The fourth-order valence-electron chi connectivity index (χ4n) is 10.7. The van der Waals surface area contributed by atoms with Gasteiger partial charge in [0.25, 0.3) is 14.1 Å². The van der Waals surface area contributed by atoms with Crippen LogP contribution in [0, 0.1) is 0 Å². The van der Waals surface area contributed by atoms with Gasteiger partial charge in [-0.05, 0) is 48.2 Å². The molecule has 0 aliphatic carbocycles. The molecule has 0 fully saturated rings. The number of benzene rings is 3. The molecule has 20 nitrogen and oxygen atoms in total. The van der Waals surface area contributed by atoms with E-state index in [-0.39, 0.29) is 108 Å². The van der Waals surface area contributed by atoms with Crippen LogP contribution in [0.15, 0.2) is 72.9 Å². The van der Waals surface area contributed by atoms with Gasteiger partial charge in [-0.25, -0.2) is 9.78 Å². The molecule has 3 aromatic carbocycles. The van der Waals surface area contributed by atoms with Gasteiger partial charge in [0.15, 0.2) is 17.6 Å². The third-order valence-electron chi connectivity index (χ3n) is 16.0. The summed E-state index contributed by atoms with van der Waals surface area (Å²) in [5.41, 5.74) is 5.47. The predicted molar refractivity (Wildman–Crippen MR) is 360 cm³/mol. The molecule has 520 valence electrons. The fourth-order valence-corrected chi connectivity index (χ4v) is 11.5. The van der Waals surface area contributed by atoms with E-state index >= 15 is 0 Å². The van der Waals surface area contributed by atoms with E-state index in [0.717, 1.165) is 71.9 Å². The molecule has 2 heterocycles. The van der Waals surface area contributed by atoms with E-state index in [1.807, 2.05) is 66.7 Å². The Hall–Kier alpha value is -4.73. The number of phosphoric ester groups is 1. The number of para-hydroxylation sites is 2. The van der Waals surface area contributed by atoms with Gasteiger partial charge >= 0.3 is 47.6 Å². The van der Waals surface area contributed by atoms with Crippen LogP contribution in [0.25, 0.3) is 33.4 Å². The number of alkyl carbamates (subject to hydrolysis) is 1. The number of aromatic nitrogens is 2. The molecule has 1 aromatic heterocycles. The molecule has 5 rings (SSSR count). The first-order valence-corrected chi connectivity index (χ1v) is 36.6. The molecule has 3 atom stereocenters. The SMILES string of the molecule is CCCCCCCCCCCCCCCCCC(=O)OCC(COP(=O)([O-])OCCNC(=O)OCCOCC(=O)NCCOCCOCC1Oc2ccc(-c3ccc(-c4cnc5ccccc5n4)cc3)cc2O1)OC(=O)CCCCCCCCCCCCCCCCC.[Na+]. The van der Waals surface area contributed by atoms with Gasteiger partial charge in [0.1, 0.15) is 26.4 Å². The van der Waals surface area contributed by atoms with Gasteiger partial charge in [0, 0.05) is 31.5 Å². The first-order chi connectivity index (χ1) is 45.5. The summed E-state index contributed by atoms with van der Waals surface area (Å²) in [6, 6.07) is 21.7. The molecule has 0 bridgehead atoms. The van der Waals surface area contributed by atoms with Gasteiger partial charge in [-0.2, -0.15) is 0 Å². The van der Waals surface area contributed by atoms with Crippen LogP contribution in [0.5, 0.6) is 11.5 Å². The number of amides is 2. The first kappa shape index (κ1) is 81.7. The zero-order valence-electron chi connectivity index (χ0n) is 57.1. The number of unbranched alkanes of at least 4 members (excludes halogenated alkanes) is 28. The molecule has 4 aromatic rings. The number of hydrogen-bond acceptors (Lipinski definition) is 18. The van der Waals surface area contributed by atoms with E-state index in [1.54, 1.807) is 6.20 Å². The number of hydrogen-bond donors (Lipinski definition) is 2. The Morgan fingerprint density at radius 1 is 0.521 bits per heavy atom. The van der Waals surface area contributed by atoms with Crippen molar-refractivity contribution in [3.63, 3.8) is 0 Å². The van der Waals surface area contributed by atoms with Crippen molar-refractivity contribution in [3.8, 4) is 33.9 Å². The van der Waals surface area contributed by atoms with E-state index in [1.165, 1.54) is 141 Å². The van der Waals surface area contributed by atoms with Crippen LogP contribution in [-0.4, -0.2) is 125 Å². The number of carbonyl (C=O) groups is 4. The summed E-state index contributed by atoms with van der Waals surface area (Å²) in [5.74, 6) is -0.121. The average molecular weight is 1340 g/mol. The Labute approximate surface area is 582 Å². The van der Waals surface area contributed by atoms with Gasteiger partial charge in [-0.15, -0.1) is 0 Å². The normalized spacial score (nSPS) is 13.5. The smallest absolute Gasteiger partial charge is 0.756 e.